The predicted octanol–water partition coefficient (Wildman–Crippen LogP) is 15.1. The van der Waals surface area contributed by atoms with Crippen LogP contribution in [-0.4, -0.2) is 9.97 Å². The third-order valence-electron chi connectivity index (χ3n) is 14.2. The van der Waals surface area contributed by atoms with E-state index in [9.17, 15) is 0 Å². The zero-order chi connectivity index (χ0) is 44.0. The van der Waals surface area contributed by atoms with Crippen molar-refractivity contribution in [3.8, 4) is 22.6 Å². The minimum absolute atomic E-state index is 0.657. The molecule has 2 aliphatic heterocycles. The molecule has 1 aliphatic carbocycles. The van der Waals surface area contributed by atoms with Crippen LogP contribution in [0.1, 0.15) is 55.6 Å². The van der Waals surface area contributed by atoms with Crippen LogP contribution in [0.3, 0.4) is 0 Å². The molecule has 0 saturated carbocycles. The fourth-order valence-corrected chi connectivity index (χ4v) is 11.7. The summed E-state index contributed by atoms with van der Waals surface area (Å²) in [6.07, 6.45) is 0. The van der Waals surface area contributed by atoms with E-state index in [1.165, 1.54) is 67.0 Å². The monoisotopic (exact) mass is 844 g/mol. The number of aromatic nitrogens is 2. The molecule has 0 fully saturated rings. The summed E-state index contributed by atoms with van der Waals surface area (Å²) < 4.78 is 0. The molecule has 2 spiro atoms. The first-order valence-electron chi connectivity index (χ1n) is 22.8. The second-order valence-corrected chi connectivity index (χ2v) is 17.8. The summed E-state index contributed by atoms with van der Waals surface area (Å²) in [5.74, 6) is 1.50. The molecule has 66 heavy (non-hydrogen) atoms. The molecule has 4 nitrogen and oxygen atoms in total. The van der Waals surface area contributed by atoms with Gasteiger partial charge < -0.3 is 4.90 Å². The van der Waals surface area contributed by atoms with Gasteiger partial charge in [-0.05, 0) is 94.8 Å². The van der Waals surface area contributed by atoms with E-state index in [2.05, 4.69) is 248 Å². The van der Waals surface area contributed by atoms with E-state index in [0.717, 1.165) is 39.7 Å². The maximum atomic E-state index is 5.45. The van der Waals surface area contributed by atoms with Gasteiger partial charge in [0, 0.05) is 22.9 Å². The Morgan fingerprint density at radius 3 is 1.21 bits per heavy atom. The topological polar surface area (TPSA) is 32.3 Å². The molecule has 0 radical (unpaired) electrons. The Morgan fingerprint density at radius 2 is 0.712 bits per heavy atom. The zero-order valence-corrected chi connectivity index (χ0v) is 36.7. The van der Waals surface area contributed by atoms with Crippen molar-refractivity contribution in [3.05, 3.63) is 286 Å². The van der Waals surface area contributed by atoms with E-state index in [1.807, 2.05) is 6.07 Å². The number of anilines is 6. The van der Waals surface area contributed by atoms with Crippen molar-refractivity contribution in [3.63, 3.8) is 0 Å². The molecule has 0 atom stereocenters. The number of benzene rings is 9. The lowest BCUT2D eigenvalue weighted by molar-refractivity contribution is 0.607. The largest absolute Gasteiger partial charge is 0.310 e. The van der Waals surface area contributed by atoms with Gasteiger partial charge in [0.15, 0.2) is 5.82 Å². The fourth-order valence-electron chi connectivity index (χ4n) is 11.7. The third-order valence-corrected chi connectivity index (χ3v) is 14.2. The highest BCUT2D eigenvalue weighted by molar-refractivity contribution is 5.95. The van der Waals surface area contributed by atoms with Crippen LogP contribution in [0, 0.1) is 13.8 Å². The maximum absolute atomic E-state index is 5.45. The minimum atomic E-state index is -0.704. The van der Waals surface area contributed by atoms with Gasteiger partial charge >= 0.3 is 0 Å². The third kappa shape index (κ3) is 5.27. The highest BCUT2D eigenvalue weighted by atomic mass is 15.2. The Hall–Kier alpha value is -8.34. The molecule has 312 valence electrons. The van der Waals surface area contributed by atoms with E-state index in [-0.39, 0.29) is 0 Å². The van der Waals surface area contributed by atoms with Crippen molar-refractivity contribution < 1.29 is 0 Å². The van der Waals surface area contributed by atoms with Crippen LogP contribution in [0.5, 0.6) is 0 Å². The Kier molecular flexibility index (Phi) is 8.44. The number of fused-ring (bicyclic) bond motifs is 14. The predicted molar refractivity (Wildman–Crippen MR) is 269 cm³/mol. The van der Waals surface area contributed by atoms with Gasteiger partial charge in [-0.1, -0.05) is 199 Å². The highest BCUT2D eigenvalue weighted by Crippen LogP contribution is 2.68. The van der Waals surface area contributed by atoms with Crippen LogP contribution in [0.25, 0.3) is 22.6 Å². The standard InChI is InChI=1S/C62H44N4/c1-41-34-36-57-52(38-41)62(53-39-42(2)35-37-58(53)65(57)45-24-10-5-11-25-45)48-28-14-12-26-46(48)61(47-27-13-15-29-49(47)62)50-30-16-18-32-55(50)66(56-33-19-17-31-51(56)61)59-40-54(43-20-6-3-7-21-43)63-60(64-59)44-22-8-4-9-23-44/h3-40H,1-2H3. The highest BCUT2D eigenvalue weighted by Gasteiger charge is 2.59. The van der Waals surface area contributed by atoms with Crippen LogP contribution in [-0.2, 0) is 10.8 Å². The van der Waals surface area contributed by atoms with Crippen LogP contribution >= 0.6 is 0 Å². The van der Waals surface area contributed by atoms with Gasteiger partial charge in [0.05, 0.1) is 39.3 Å². The number of para-hydroxylation sites is 3. The number of rotatable bonds is 4. The van der Waals surface area contributed by atoms with E-state index >= 15 is 0 Å². The lowest BCUT2D eigenvalue weighted by Gasteiger charge is -2.56. The number of nitrogens with zero attached hydrogens (tertiary/aromatic N) is 4. The number of hydrogen-bond acceptors (Lipinski definition) is 4. The van der Waals surface area contributed by atoms with E-state index in [4.69, 9.17) is 9.97 Å². The van der Waals surface area contributed by atoms with Gasteiger partial charge in [-0.2, -0.15) is 0 Å². The van der Waals surface area contributed by atoms with Crippen LogP contribution in [0.4, 0.5) is 34.3 Å². The van der Waals surface area contributed by atoms with Gasteiger partial charge in [-0.25, -0.2) is 9.97 Å². The van der Waals surface area contributed by atoms with Gasteiger partial charge in [0.2, 0.25) is 0 Å². The summed E-state index contributed by atoms with van der Waals surface area (Å²) in [6.45, 7) is 4.47. The van der Waals surface area contributed by atoms with Crippen LogP contribution in [0.15, 0.2) is 231 Å². The first-order valence-corrected chi connectivity index (χ1v) is 22.8. The molecular weight excluding hydrogens is 801 g/mol. The van der Waals surface area contributed by atoms with Gasteiger partial charge in [-0.15, -0.1) is 0 Å². The molecule has 0 amide bonds. The maximum Gasteiger partial charge on any atom is 0.162 e. The summed E-state index contributed by atoms with van der Waals surface area (Å²) >= 11 is 0. The molecule has 0 bridgehead atoms. The Bertz CT molecular complexity index is 3310. The molecule has 0 unspecified atom stereocenters. The Morgan fingerprint density at radius 1 is 0.318 bits per heavy atom. The molecule has 3 aliphatic rings. The molecule has 4 heteroatoms. The van der Waals surface area contributed by atoms with Crippen molar-refractivity contribution in [1.29, 1.82) is 0 Å². The Balaban J connectivity index is 1.13. The first-order chi connectivity index (χ1) is 32.6. The molecule has 13 rings (SSSR count). The quantitative estimate of drug-likeness (QED) is 0.177. The van der Waals surface area contributed by atoms with Crippen molar-refractivity contribution in [2.75, 3.05) is 9.80 Å². The smallest absolute Gasteiger partial charge is 0.162 e. The van der Waals surface area contributed by atoms with Crippen LogP contribution in [0.2, 0.25) is 0 Å². The summed E-state index contributed by atoms with van der Waals surface area (Å²) in [4.78, 5) is 15.5. The van der Waals surface area contributed by atoms with E-state index in [1.54, 1.807) is 0 Å². The average molecular weight is 845 g/mol. The summed E-state index contributed by atoms with van der Waals surface area (Å²) in [5.41, 5.74) is 19.7. The molecule has 1 aromatic heterocycles. The molecule has 0 N–H and O–H groups in total. The molecule has 3 heterocycles. The van der Waals surface area contributed by atoms with Crippen molar-refractivity contribution in [2.24, 2.45) is 0 Å². The number of hydrogen-bond donors (Lipinski definition) is 0. The SMILES string of the molecule is Cc1ccc2c(c1)C1(c3cc(C)ccc3N2c2ccccc2)c2ccccc2C2(c3ccccc3N(c3cc(-c4ccccc4)nc(-c4ccccc4)n3)c3ccccc32)c2ccccc21. The lowest BCUT2D eigenvalue weighted by Crippen LogP contribution is -2.49. The number of aryl methyl sites for hydroxylation is 2. The van der Waals surface area contributed by atoms with Crippen LogP contribution < -0.4 is 9.80 Å². The van der Waals surface area contributed by atoms with Crippen molar-refractivity contribution in [2.45, 2.75) is 24.7 Å². The van der Waals surface area contributed by atoms with E-state index < -0.39 is 10.8 Å². The second kappa shape index (κ2) is 14.6. The summed E-state index contributed by atoms with van der Waals surface area (Å²) in [5, 5.41) is 0. The zero-order valence-electron chi connectivity index (χ0n) is 36.7. The molecular formula is C62H44N4. The Labute approximate surface area is 385 Å². The second-order valence-electron chi connectivity index (χ2n) is 17.8. The van der Waals surface area contributed by atoms with Crippen molar-refractivity contribution in [1.82, 2.24) is 9.97 Å². The summed E-state index contributed by atoms with van der Waals surface area (Å²) in [7, 11) is 0. The van der Waals surface area contributed by atoms with Gasteiger partial charge in [-0.3, -0.25) is 4.90 Å². The normalized spacial score (nSPS) is 14.4. The molecule has 0 saturated heterocycles. The average Bonchev–Trinajstić information content (AvgIpc) is 3.38. The minimum Gasteiger partial charge on any atom is -0.310 e. The first kappa shape index (κ1) is 38.1. The fraction of sp³-hybridized carbons (Fsp3) is 0.0645. The van der Waals surface area contributed by atoms with Gasteiger partial charge in [0.1, 0.15) is 5.82 Å². The van der Waals surface area contributed by atoms with Crippen molar-refractivity contribution >= 4 is 34.3 Å². The molecule has 9 aromatic carbocycles. The lowest BCUT2D eigenvalue weighted by atomic mass is 9.49. The van der Waals surface area contributed by atoms with Gasteiger partial charge in [0.25, 0.3) is 0 Å². The molecule has 10 aromatic rings. The van der Waals surface area contributed by atoms with E-state index in [0.29, 0.717) is 5.82 Å². The summed E-state index contributed by atoms with van der Waals surface area (Å²) in [6, 6.07) is 84.6.